The number of hydrogen-bond acceptors (Lipinski definition) is 4. The summed E-state index contributed by atoms with van der Waals surface area (Å²) in [5, 5.41) is 17.7. The molecule has 7 nitrogen and oxygen atoms in total. The molecule has 2 rings (SSSR count). The van der Waals surface area contributed by atoms with Crippen LogP contribution in [0.2, 0.25) is 0 Å². The Hall–Kier alpha value is -1.92. The summed E-state index contributed by atoms with van der Waals surface area (Å²) in [5.74, 6) is -0.634. The monoisotopic (exact) mass is 238 g/mol. The first-order valence-electron chi connectivity index (χ1n) is 5.38. The molecule has 7 heteroatoms. The highest BCUT2D eigenvalue weighted by molar-refractivity contribution is 5.94. The van der Waals surface area contributed by atoms with Crippen molar-refractivity contribution in [3.05, 3.63) is 11.6 Å². The molecule has 1 aromatic heterocycles. The quantitative estimate of drug-likeness (QED) is 0.698. The first-order chi connectivity index (χ1) is 7.90. The minimum atomic E-state index is -1.34. The van der Waals surface area contributed by atoms with Crippen LogP contribution in [0.1, 0.15) is 49.1 Å². The van der Waals surface area contributed by atoms with Gasteiger partial charge in [0.15, 0.2) is 0 Å². The van der Waals surface area contributed by atoms with Crippen molar-refractivity contribution >= 4 is 11.9 Å². The normalized spacial score (nSPS) is 15.6. The van der Waals surface area contributed by atoms with Crippen LogP contribution in [0.25, 0.3) is 0 Å². The molecule has 0 aromatic carbocycles. The maximum atomic E-state index is 11.7. The topological polar surface area (TPSA) is 108 Å². The molecule has 17 heavy (non-hydrogen) atoms. The molecule has 1 aromatic rings. The molecule has 1 aliphatic carbocycles. The zero-order valence-electron chi connectivity index (χ0n) is 9.65. The average molecular weight is 238 g/mol. The molecule has 0 aliphatic heterocycles. The van der Waals surface area contributed by atoms with Crippen molar-refractivity contribution < 1.29 is 14.7 Å². The van der Waals surface area contributed by atoms with Gasteiger partial charge in [0.2, 0.25) is 5.82 Å². The van der Waals surface area contributed by atoms with E-state index in [-0.39, 0.29) is 5.82 Å². The number of carbonyl (C=O) groups is 2. The third kappa shape index (κ3) is 2.43. The number of carbonyl (C=O) groups excluding carboxylic acids is 1. The Morgan fingerprint density at radius 2 is 2.12 bits per heavy atom. The number of amides is 1. The number of nitrogens with one attached hydrogen (secondary N) is 2. The summed E-state index contributed by atoms with van der Waals surface area (Å²) in [6, 6.07) is 0. The lowest BCUT2D eigenvalue weighted by Crippen LogP contribution is -2.49. The molecule has 0 bridgehead atoms. The van der Waals surface area contributed by atoms with E-state index in [9.17, 15) is 9.59 Å². The Balaban J connectivity index is 2.06. The van der Waals surface area contributed by atoms with Crippen LogP contribution in [0, 0.1) is 0 Å². The molecule has 3 N–H and O–H groups in total. The van der Waals surface area contributed by atoms with Crippen molar-refractivity contribution in [1.29, 1.82) is 0 Å². The Morgan fingerprint density at radius 3 is 2.65 bits per heavy atom. The molecule has 0 unspecified atom stereocenters. The van der Waals surface area contributed by atoms with Gasteiger partial charge in [-0.1, -0.05) is 0 Å². The lowest BCUT2D eigenvalue weighted by molar-refractivity contribution is -0.143. The van der Waals surface area contributed by atoms with Gasteiger partial charge in [0, 0.05) is 5.92 Å². The summed E-state index contributed by atoms with van der Waals surface area (Å²) in [6.45, 7) is 2.81. The molecule has 92 valence electrons. The third-order valence-corrected chi connectivity index (χ3v) is 2.63. The fourth-order valence-electron chi connectivity index (χ4n) is 1.31. The molecule has 1 saturated carbocycles. The first-order valence-corrected chi connectivity index (χ1v) is 5.38. The van der Waals surface area contributed by atoms with Gasteiger partial charge in [-0.2, -0.15) is 0 Å². The predicted octanol–water partition coefficient (Wildman–Crippen LogP) is 0.275. The van der Waals surface area contributed by atoms with Gasteiger partial charge in [0.1, 0.15) is 11.4 Å². The minimum absolute atomic E-state index is 0.0128. The summed E-state index contributed by atoms with van der Waals surface area (Å²) in [7, 11) is 0. The minimum Gasteiger partial charge on any atom is -0.480 e. The van der Waals surface area contributed by atoms with E-state index < -0.39 is 17.4 Å². The Morgan fingerprint density at radius 1 is 1.47 bits per heavy atom. The number of carboxylic acid groups (broad SMARTS) is 1. The second-order valence-corrected chi connectivity index (χ2v) is 4.70. The molecule has 1 heterocycles. The summed E-state index contributed by atoms with van der Waals surface area (Å²) in [5.41, 5.74) is -1.34. The zero-order chi connectivity index (χ0) is 12.6. The van der Waals surface area contributed by atoms with Crippen LogP contribution in [-0.4, -0.2) is 37.7 Å². The second-order valence-electron chi connectivity index (χ2n) is 4.70. The van der Waals surface area contributed by atoms with E-state index in [4.69, 9.17) is 5.11 Å². The maximum absolute atomic E-state index is 11.7. The van der Waals surface area contributed by atoms with Crippen LogP contribution in [0.4, 0.5) is 0 Å². The number of carboxylic acids is 1. The molecule has 0 radical (unpaired) electrons. The van der Waals surface area contributed by atoms with Crippen molar-refractivity contribution in [2.45, 2.75) is 38.1 Å². The van der Waals surface area contributed by atoms with Crippen LogP contribution in [0.5, 0.6) is 0 Å². The zero-order valence-corrected chi connectivity index (χ0v) is 9.65. The summed E-state index contributed by atoms with van der Waals surface area (Å²) < 4.78 is 0. The molecule has 0 saturated heterocycles. The number of aromatic nitrogens is 3. The highest BCUT2D eigenvalue weighted by atomic mass is 16.4. The van der Waals surface area contributed by atoms with Crippen molar-refractivity contribution in [2.75, 3.05) is 0 Å². The maximum Gasteiger partial charge on any atom is 0.328 e. The van der Waals surface area contributed by atoms with Gasteiger partial charge in [-0.15, -0.1) is 5.10 Å². The standard InChI is InChI=1S/C10H14N4O3/c1-10(2,9(16)17)12-8(15)7-11-6(13-14-7)5-3-4-5/h5H,3-4H2,1-2H3,(H,12,15)(H,16,17)(H,11,13,14). The Labute approximate surface area is 97.6 Å². The number of hydrogen-bond donors (Lipinski definition) is 3. The van der Waals surface area contributed by atoms with Gasteiger partial charge in [-0.3, -0.25) is 9.89 Å². The molecular weight excluding hydrogens is 224 g/mol. The van der Waals surface area contributed by atoms with E-state index in [0.717, 1.165) is 12.8 Å². The van der Waals surface area contributed by atoms with E-state index in [2.05, 4.69) is 20.5 Å². The number of nitrogens with zero attached hydrogens (tertiary/aromatic N) is 2. The first kappa shape index (κ1) is 11.6. The fourth-order valence-corrected chi connectivity index (χ4v) is 1.31. The Kier molecular flexibility index (Phi) is 2.60. The van der Waals surface area contributed by atoms with Crippen LogP contribution in [0.15, 0.2) is 0 Å². The molecular formula is C10H14N4O3. The number of rotatable bonds is 4. The number of aliphatic carboxylic acids is 1. The van der Waals surface area contributed by atoms with Crippen molar-refractivity contribution in [3.63, 3.8) is 0 Å². The van der Waals surface area contributed by atoms with Gasteiger partial charge in [-0.25, -0.2) is 9.78 Å². The lowest BCUT2D eigenvalue weighted by atomic mass is 10.1. The predicted molar refractivity (Wildman–Crippen MR) is 57.5 cm³/mol. The second kappa shape index (κ2) is 3.83. The van der Waals surface area contributed by atoms with Gasteiger partial charge in [-0.05, 0) is 26.7 Å². The van der Waals surface area contributed by atoms with Gasteiger partial charge in [0.05, 0.1) is 0 Å². The summed E-state index contributed by atoms with van der Waals surface area (Å²) >= 11 is 0. The van der Waals surface area contributed by atoms with Crippen LogP contribution in [0.3, 0.4) is 0 Å². The van der Waals surface area contributed by atoms with E-state index in [1.54, 1.807) is 0 Å². The molecule has 1 amide bonds. The van der Waals surface area contributed by atoms with Crippen LogP contribution >= 0.6 is 0 Å². The highest BCUT2D eigenvalue weighted by Crippen LogP contribution is 2.37. The van der Waals surface area contributed by atoms with Crippen LogP contribution in [-0.2, 0) is 4.79 Å². The molecule has 0 spiro atoms. The van der Waals surface area contributed by atoms with Crippen molar-refractivity contribution in [2.24, 2.45) is 0 Å². The van der Waals surface area contributed by atoms with E-state index in [0.29, 0.717) is 11.7 Å². The lowest BCUT2D eigenvalue weighted by Gasteiger charge is -2.19. The van der Waals surface area contributed by atoms with Crippen LogP contribution < -0.4 is 5.32 Å². The molecule has 1 fully saturated rings. The van der Waals surface area contributed by atoms with E-state index in [1.807, 2.05) is 0 Å². The summed E-state index contributed by atoms with van der Waals surface area (Å²) in [6.07, 6.45) is 2.10. The van der Waals surface area contributed by atoms with Gasteiger partial charge >= 0.3 is 5.97 Å². The fraction of sp³-hybridized carbons (Fsp3) is 0.600. The SMILES string of the molecule is CC(C)(NC(=O)c1n[nH]c(C2CC2)n1)C(=O)O. The van der Waals surface area contributed by atoms with E-state index in [1.165, 1.54) is 13.8 Å². The third-order valence-electron chi connectivity index (χ3n) is 2.63. The number of aromatic amines is 1. The molecule has 1 aliphatic rings. The van der Waals surface area contributed by atoms with Gasteiger partial charge < -0.3 is 10.4 Å². The van der Waals surface area contributed by atoms with Crippen molar-refractivity contribution in [3.8, 4) is 0 Å². The van der Waals surface area contributed by atoms with E-state index >= 15 is 0 Å². The molecule has 0 atom stereocenters. The Bertz CT molecular complexity index is 462. The number of H-pyrrole nitrogens is 1. The van der Waals surface area contributed by atoms with Crippen molar-refractivity contribution in [1.82, 2.24) is 20.5 Å². The summed E-state index contributed by atoms with van der Waals surface area (Å²) in [4.78, 5) is 26.6. The average Bonchev–Trinajstić information content (AvgIpc) is 2.95. The van der Waals surface area contributed by atoms with Gasteiger partial charge in [0.25, 0.3) is 5.91 Å². The highest BCUT2D eigenvalue weighted by Gasteiger charge is 2.32. The largest absolute Gasteiger partial charge is 0.480 e. The smallest absolute Gasteiger partial charge is 0.328 e.